The lowest BCUT2D eigenvalue weighted by atomic mass is 9.86. The smallest absolute Gasteiger partial charge is 0.305 e. The Morgan fingerprint density at radius 3 is 2.67 bits per heavy atom. The molecule has 106 valence electrons. The van der Waals surface area contributed by atoms with E-state index < -0.39 is 6.10 Å². The second-order valence-electron chi connectivity index (χ2n) is 5.49. The number of esters is 1. The monoisotopic (exact) mass is 256 g/mol. The van der Waals surface area contributed by atoms with Crippen LogP contribution in [0.4, 0.5) is 0 Å². The standard InChI is InChI=1S/C15H28O3/c1-2-14(16)12-18-15(17)11-7-6-10-13-8-4-3-5-9-13/h13-14,16H,2-12H2,1H3. The average Bonchev–Trinajstić information content (AvgIpc) is 2.42. The summed E-state index contributed by atoms with van der Waals surface area (Å²) in [6, 6.07) is 0. The van der Waals surface area contributed by atoms with Crippen LogP contribution in [0.5, 0.6) is 0 Å². The first-order chi connectivity index (χ1) is 8.72. The number of carbonyl (C=O) groups is 1. The van der Waals surface area contributed by atoms with Crippen molar-refractivity contribution in [2.24, 2.45) is 5.92 Å². The van der Waals surface area contributed by atoms with Gasteiger partial charge in [-0.15, -0.1) is 0 Å². The number of rotatable bonds is 8. The summed E-state index contributed by atoms with van der Waals surface area (Å²) in [6.07, 6.45) is 10.9. The molecule has 0 radical (unpaired) electrons. The molecule has 3 heteroatoms. The normalized spacial score (nSPS) is 18.6. The fourth-order valence-electron chi connectivity index (χ4n) is 2.56. The van der Waals surface area contributed by atoms with Crippen LogP contribution in [0.2, 0.25) is 0 Å². The molecule has 1 rings (SSSR count). The molecule has 1 fully saturated rings. The van der Waals surface area contributed by atoms with Gasteiger partial charge in [0.1, 0.15) is 6.61 Å². The molecule has 1 N–H and O–H groups in total. The van der Waals surface area contributed by atoms with Gasteiger partial charge in [-0.25, -0.2) is 0 Å². The number of ether oxygens (including phenoxy) is 1. The van der Waals surface area contributed by atoms with Crippen LogP contribution in [0.15, 0.2) is 0 Å². The second-order valence-corrected chi connectivity index (χ2v) is 5.49. The SMILES string of the molecule is CCC(O)COC(=O)CCCCC1CCCCC1. The van der Waals surface area contributed by atoms with E-state index in [9.17, 15) is 9.90 Å². The predicted molar refractivity (Wildman–Crippen MR) is 72.3 cm³/mol. The van der Waals surface area contributed by atoms with Gasteiger partial charge >= 0.3 is 5.97 Å². The van der Waals surface area contributed by atoms with Crippen LogP contribution in [0.1, 0.15) is 71.1 Å². The number of aliphatic hydroxyl groups excluding tert-OH is 1. The zero-order valence-corrected chi connectivity index (χ0v) is 11.7. The van der Waals surface area contributed by atoms with Crippen molar-refractivity contribution in [2.45, 2.75) is 77.2 Å². The fraction of sp³-hybridized carbons (Fsp3) is 0.933. The molecule has 0 saturated heterocycles. The Kier molecular flexibility index (Phi) is 8.06. The second kappa shape index (κ2) is 9.37. The predicted octanol–water partition coefficient (Wildman–Crippen LogP) is 3.44. The number of aliphatic hydroxyl groups is 1. The third-order valence-corrected chi connectivity index (χ3v) is 3.88. The van der Waals surface area contributed by atoms with Gasteiger partial charge in [0.25, 0.3) is 0 Å². The van der Waals surface area contributed by atoms with Crippen LogP contribution in [0.3, 0.4) is 0 Å². The number of hydrogen-bond donors (Lipinski definition) is 1. The van der Waals surface area contributed by atoms with Crippen molar-refractivity contribution in [2.75, 3.05) is 6.61 Å². The molecule has 0 aromatic rings. The Morgan fingerprint density at radius 2 is 2.00 bits per heavy atom. The number of unbranched alkanes of at least 4 members (excludes halogenated alkanes) is 1. The summed E-state index contributed by atoms with van der Waals surface area (Å²) < 4.78 is 5.00. The lowest BCUT2D eigenvalue weighted by Gasteiger charge is -2.21. The maximum Gasteiger partial charge on any atom is 0.305 e. The van der Waals surface area contributed by atoms with Gasteiger partial charge in [0.05, 0.1) is 6.10 Å². The first-order valence-electron chi connectivity index (χ1n) is 7.56. The van der Waals surface area contributed by atoms with Gasteiger partial charge in [-0.2, -0.15) is 0 Å². The van der Waals surface area contributed by atoms with Crippen LogP contribution in [0.25, 0.3) is 0 Å². The molecule has 0 aromatic carbocycles. The van der Waals surface area contributed by atoms with E-state index in [1.807, 2.05) is 6.92 Å². The molecule has 1 aliphatic rings. The van der Waals surface area contributed by atoms with Crippen LogP contribution in [-0.2, 0) is 9.53 Å². The molecule has 0 spiro atoms. The van der Waals surface area contributed by atoms with Crippen molar-refractivity contribution in [3.8, 4) is 0 Å². The minimum Gasteiger partial charge on any atom is -0.463 e. The lowest BCUT2D eigenvalue weighted by molar-refractivity contribution is -0.146. The van der Waals surface area contributed by atoms with E-state index in [0.717, 1.165) is 18.8 Å². The molecule has 18 heavy (non-hydrogen) atoms. The quantitative estimate of drug-likeness (QED) is 0.534. The summed E-state index contributed by atoms with van der Waals surface area (Å²) in [4.78, 5) is 11.4. The van der Waals surface area contributed by atoms with Crippen LogP contribution in [0, 0.1) is 5.92 Å². The topological polar surface area (TPSA) is 46.5 Å². The third-order valence-electron chi connectivity index (χ3n) is 3.88. The van der Waals surface area contributed by atoms with Crippen molar-refractivity contribution >= 4 is 5.97 Å². The fourth-order valence-corrected chi connectivity index (χ4v) is 2.56. The number of hydrogen-bond acceptors (Lipinski definition) is 3. The van der Waals surface area contributed by atoms with E-state index in [2.05, 4.69) is 0 Å². The van der Waals surface area contributed by atoms with Crippen molar-refractivity contribution in [1.82, 2.24) is 0 Å². The van der Waals surface area contributed by atoms with Gasteiger partial charge in [0.2, 0.25) is 0 Å². The van der Waals surface area contributed by atoms with E-state index >= 15 is 0 Å². The average molecular weight is 256 g/mol. The highest BCUT2D eigenvalue weighted by Crippen LogP contribution is 2.27. The Bertz CT molecular complexity index is 222. The van der Waals surface area contributed by atoms with Crippen LogP contribution in [-0.4, -0.2) is 23.8 Å². The van der Waals surface area contributed by atoms with Crippen LogP contribution >= 0.6 is 0 Å². The minimum absolute atomic E-state index is 0.151. The summed E-state index contributed by atoms with van der Waals surface area (Å²) in [5.74, 6) is 0.739. The van der Waals surface area contributed by atoms with Gasteiger partial charge in [-0.3, -0.25) is 4.79 Å². The molecule has 0 aliphatic heterocycles. The highest BCUT2D eigenvalue weighted by molar-refractivity contribution is 5.69. The van der Waals surface area contributed by atoms with E-state index in [4.69, 9.17) is 4.74 Å². The molecule has 1 saturated carbocycles. The summed E-state index contributed by atoms with van der Waals surface area (Å²) >= 11 is 0. The van der Waals surface area contributed by atoms with Crippen molar-refractivity contribution < 1.29 is 14.6 Å². The first kappa shape index (κ1) is 15.5. The van der Waals surface area contributed by atoms with E-state index in [1.54, 1.807) is 0 Å². The van der Waals surface area contributed by atoms with Gasteiger partial charge in [-0.1, -0.05) is 51.9 Å². The first-order valence-corrected chi connectivity index (χ1v) is 7.56. The van der Waals surface area contributed by atoms with Crippen LogP contribution < -0.4 is 0 Å². The highest BCUT2D eigenvalue weighted by Gasteiger charge is 2.13. The van der Waals surface area contributed by atoms with Crippen molar-refractivity contribution in [3.05, 3.63) is 0 Å². The Balaban J connectivity index is 1.94. The third kappa shape index (κ3) is 7.00. The zero-order chi connectivity index (χ0) is 13.2. The highest BCUT2D eigenvalue weighted by atomic mass is 16.5. The van der Waals surface area contributed by atoms with Crippen molar-refractivity contribution in [3.63, 3.8) is 0 Å². The van der Waals surface area contributed by atoms with E-state index in [-0.39, 0.29) is 12.6 Å². The summed E-state index contributed by atoms with van der Waals surface area (Å²) in [6.45, 7) is 2.03. The Hall–Kier alpha value is -0.570. The maximum absolute atomic E-state index is 11.4. The Labute approximate surface area is 111 Å². The zero-order valence-electron chi connectivity index (χ0n) is 11.7. The van der Waals surface area contributed by atoms with Gasteiger partial charge < -0.3 is 9.84 Å². The maximum atomic E-state index is 11.4. The molecule has 0 amide bonds. The number of carbonyl (C=O) groups excluding carboxylic acids is 1. The molecular formula is C15H28O3. The molecule has 0 bridgehead atoms. The van der Waals surface area contributed by atoms with E-state index in [1.165, 1.54) is 38.5 Å². The minimum atomic E-state index is -0.504. The van der Waals surface area contributed by atoms with Crippen molar-refractivity contribution in [1.29, 1.82) is 0 Å². The van der Waals surface area contributed by atoms with Gasteiger partial charge in [0.15, 0.2) is 0 Å². The molecule has 1 unspecified atom stereocenters. The summed E-state index contributed by atoms with van der Waals surface area (Å²) in [5.41, 5.74) is 0. The molecule has 1 aliphatic carbocycles. The molecular weight excluding hydrogens is 228 g/mol. The molecule has 1 atom stereocenters. The summed E-state index contributed by atoms with van der Waals surface area (Å²) in [7, 11) is 0. The lowest BCUT2D eigenvalue weighted by Crippen LogP contribution is -2.17. The molecule has 3 nitrogen and oxygen atoms in total. The van der Waals surface area contributed by atoms with Gasteiger partial charge in [0, 0.05) is 6.42 Å². The Morgan fingerprint density at radius 1 is 1.28 bits per heavy atom. The molecule has 0 heterocycles. The summed E-state index contributed by atoms with van der Waals surface area (Å²) in [5, 5.41) is 9.27. The molecule has 0 aromatic heterocycles. The largest absolute Gasteiger partial charge is 0.463 e. The van der Waals surface area contributed by atoms with Gasteiger partial charge in [-0.05, 0) is 18.8 Å². The van der Waals surface area contributed by atoms with E-state index in [0.29, 0.717) is 12.8 Å².